The summed E-state index contributed by atoms with van der Waals surface area (Å²) >= 11 is 1.38. The normalized spacial score (nSPS) is 24.6. The van der Waals surface area contributed by atoms with Gasteiger partial charge in [0.1, 0.15) is 6.17 Å². The van der Waals surface area contributed by atoms with E-state index in [9.17, 15) is 27.9 Å². The first-order chi connectivity index (χ1) is 18.1. The van der Waals surface area contributed by atoms with Crippen LogP contribution in [0.25, 0.3) is 11.3 Å². The topological polar surface area (TPSA) is 74.6 Å². The van der Waals surface area contributed by atoms with Crippen LogP contribution in [0.4, 0.5) is 17.6 Å². The molecule has 0 radical (unpaired) electrons. The van der Waals surface area contributed by atoms with Crippen LogP contribution in [0.15, 0.2) is 46.1 Å². The molecule has 1 aliphatic carbocycles. The van der Waals surface area contributed by atoms with Crippen molar-refractivity contribution in [3.63, 3.8) is 0 Å². The summed E-state index contributed by atoms with van der Waals surface area (Å²) < 4.78 is 59.5. The molecular weight excluding hydrogens is 522 g/mol. The van der Waals surface area contributed by atoms with Gasteiger partial charge < -0.3 is 15.4 Å². The molecule has 2 atom stereocenters. The van der Waals surface area contributed by atoms with Gasteiger partial charge in [0.2, 0.25) is 5.43 Å². The number of carbonyl (C=O) groups excluding carboxylic acids is 1. The standard InChI is InChI=1S/C27H21F4N3O3S/c28-17-8-15(14-7-13-3-1-2-4-20(13)38-10-16(14)22(17)29)18-9-19(35)24(36)23-25(37)33-12-26(11-27(26,30)31)6-5-21(33)32-34(18)23/h1-4,8-9,21,32,36H,5-7,10-12H2/t21-,26?/m0/s1. The molecule has 1 spiro atoms. The predicted octanol–water partition coefficient (Wildman–Crippen LogP) is 4.84. The highest BCUT2D eigenvalue weighted by molar-refractivity contribution is 7.98. The van der Waals surface area contributed by atoms with Crippen molar-refractivity contribution < 1.29 is 27.5 Å². The van der Waals surface area contributed by atoms with E-state index in [0.29, 0.717) is 5.56 Å². The quantitative estimate of drug-likeness (QED) is 0.430. The van der Waals surface area contributed by atoms with Crippen molar-refractivity contribution in [1.29, 1.82) is 0 Å². The van der Waals surface area contributed by atoms with Crippen molar-refractivity contribution in [2.24, 2.45) is 5.41 Å². The van der Waals surface area contributed by atoms with E-state index in [0.717, 1.165) is 22.6 Å². The van der Waals surface area contributed by atoms with Gasteiger partial charge >= 0.3 is 0 Å². The molecule has 38 heavy (non-hydrogen) atoms. The number of nitrogens with one attached hydrogen (secondary N) is 1. The average molecular weight is 544 g/mol. The van der Waals surface area contributed by atoms with Crippen LogP contribution in [-0.4, -0.2) is 39.2 Å². The van der Waals surface area contributed by atoms with Crippen LogP contribution in [-0.2, 0) is 12.2 Å². The Hall–Kier alpha value is -3.47. The van der Waals surface area contributed by atoms with Crippen molar-refractivity contribution in [3.05, 3.63) is 80.6 Å². The molecule has 196 valence electrons. The molecule has 2 fully saturated rings. The molecule has 1 amide bonds. The first-order valence-electron chi connectivity index (χ1n) is 12.3. The lowest BCUT2D eigenvalue weighted by Crippen LogP contribution is -2.59. The van der Waals surface area contributed by atoms with Crippen LogP contribution in [0.2, 0.25) is 0 Å². The van der Waals surface area contributed by atoms with Gasteiger partial charge in [-0.1, -0.05) is 18.2 Å². The number of hydrogen-bond donors (Lipinski definition) is 2. The zero-order chi connectivity index (χ0) is 26.6. The summed E-state index contributed by atoms with van der Waals surface area (Å²) in [5, 5.41) is 10.6. The average Bonchev–Trinajstić information content (AvgIpc) is 3.49. The molecule has 4 aliphatic rings. The van der Waals surface area contributed by atoms with Crippen molar-refractivity contribution >= 4 is 17.7 Å². The number of aromatic hydroxyl groups is 1. The number of fused-ring (bicyclic) bond motifs is 4. The third kappa shape index (κ3) is 3.20. The number of carbonyl (C=O) groups is 1. The number of amides is 1. The monoisotopic (exact) mass is 543 g/mol. The van der Waals surface area contributed by atoms with Gasteiger partial charge in [0.25, 0.3) is 11.8 Å². The summed E-state index contributed by atoms with van der Waals surface area (Å²) in [7, 11) is 0. The molecule has 0 bridgehead atoms. The molecule has 1 saturated carbocycles. The molecule has 6 nitrogen and oxygen atoms in total. The smallest absolute Gasteiger partial charge is 0.278 e. The van der Waals surface area contributed by atoms with Gasteiger partial charge in [-0.15, -0.1) is 11.8 Å². The highest BCUT2D eigenvalue weighted by Crippen LogP contribution is 2.65. The molecule has 3 aromatic rings. The number of benzene rings is 2. The van der Waals surface area contributed by atoms with Crippen LogP contribution in [0.1, 0.15) is 46.4 Å². The van der Waals surface area contributed by atoms with Gasteiger partial charge in [0.15, 0.2) is 23.1 Å². The zero-order valence-electron chi connectivity index (χ0n) is 19.9. The minimum atomic E-state index is -2.86. The molecule has 1 saturated heterocycles. The van der Waals surface area contributed by atoms with Gasteiger partial charge in [-0.25, -0.2) is 22.2 Å². The Labute approximate surface area is 218 Å². The van der Waals surface area contributed by atoms with E-state index >= 15 is 4.39 Å². The number of nitrogens with zero attached hydrogens (tertiary/aromatic N) is 2. The summed E-state index contributed by atoms with van der Waals surface area (Å²) in [6.07, 6.45) is -0.287. The van der Waals surface area contributed by atoms with E-state index in [2.05, 4.69) is 5.43 Å². The first-order valence-corrected chi connectivity index (χ1v) is 13.2. The van der Waals surface area contributed by atoms with Gasteiger partial charge in [0, 0.05) is 40.8 Å². The van der Waals surface area contributed by atoms with E-state index in [1.807, 2.05) is 24.3 Å². The van der Waals surface area contributed by atoms with Crippen LogP contribution in [0.5, 0.6) is 5.75 Å². The number of thioether (sulfide) groups is 1. The SMILES string of the molecule is O=C1c2c(O)c(=O)cc(-c3cc(F)c(F)c4c3Cc3ccccc3SC4)n2N[C@@H]2CCC3(CN12)CC3(F)F. The molecule has 3 aliphatic heterocycles. The summed E-state index contributed by atoms with van der Waals surface area (Å²) in [5.74, 6) is -6.36. The molecule has 1 aromatic heterocycles. The number of pyridine rings is 1. The number of aromatic nitrogens is 1. The van der Waals surface area contributed by atoms with E-state index in [1.54, 1.807) is 0 Å². The van der Waals surface area contributed by atoms with Crippen LogP contribution in [0.3, 0.4) is 0 Å². The van der Waals surface area contributed by atoms with Gasteiger partial charge in [0.05, 0.1) is 11.1 Å². The lowest BCUT2D eigenvalue weighted by atomic mass is 9.90. The molecule has 2 N–H and O–H groups in total. The highest BCUT2D eigenvalue weighted by Gasteiger charge is 2.72. The van der Waals surface area contributed by atoms with Crippen LogP contribution >= 0.6 is 11.8 Å². The van der Waals surface area contributed by atoms with E-state index in [4.69, 9.17) is 0 Å². The maximum absolute atomic E-state index is 15.1. The number of hydrogen-bond acceptors (Lipinski definition) is 5. The fourth-order valence-electron chi connectivity index (χ4n) is 6.10. The van der Waals surface area contributed by atoms with Crippen molar-refractivity contribution in [3.8, 4) is 17.0 Å². The summed E-state index contributed by atoms with van der Waals surface area (Å²) in [5.41, 5.74) is 2.34. The van der Waals surface area contributed by atoms with Gasteiger partial charge in [-0.2, -0.15) is 0 Å². The van der Waals surface area contributed by atoms with Gasteiger partial charge in [-0.3, -0.25) is 9.59 Å². The number of alkyl halides is 2. The minimum Gasteiger partial charge on any atom is -0.502 e. The van der Waals surface area contributed by atoms with Crippen molar-refractivity contribution in [2.45, 2.75) is 48.4 Å². The van der Waals surface area contributed by atoms with Crippen molar-refractivity contribution in [2.75, 3.05) is 12.0 Å². The van der Waals surface area contributed by atoms with Gasteiger partial charge in [-0.05, 0) is 42.5 Å². The van der Waals surface area contributed by atoms with Crippen molar-refractivity contribution in [1.82, 2.24) is 9.58 Å². The van der Waals surface area contributed by atoms with Crippen LogP contribution in [0, 0.1) is 17.0 Å². The molecule has 2 aromatic carbocycles. The first kappa shape index (κ1) is 23.6. The Morgan fingerprint density at radius 1 is 1.11 bits per heavy atom. The second-order valence-corrected chi connectivity index (χ2v) is 11.5. The molecule has 11 heteroatoms. The highest BCUT2D eigenvalue weighted by atomic mass is 32.2. The Morgan fingerprint density at radius 3 is 2.63 bits per heavy atom. The fourth-order valence-corrected chi connectivity index (χ4v) is 7.20. The Kier molecular flexibility index (Phi) is 4.84. The fraction of sp³-hybridized carbons (Fsp3) is 0.333. The third-order valence-corrected chi connectivity index (χ3v) is 9.45. The maximum Gasteiger partial charge on any atom is 0.278 e. The summed E-state index contributed by atoms with van der Waals surface area (Å²) in [6.45, 7) is -0.205. The second-order valence-electron chi connectivity index (χ2n) is 10.5. The Morgan fingerprint density at radius 2 is 1.87 bits per heavy atom. The molecule has 1 unspecified atom stereocenters. The summed E-state index contributed by atoms with van der Waals surface area (Å²) in [4.78, 5) is 28.6. The van der Waals surface area contributed by atoms with Crippen LogP contribution < -0.4 is 10.9 Å². The summed E-state index contributed by atoms with van der Waals surface area (Å²) in [6, 6.07) is 9.61. The number of halogens is 4. The Balaban J connectivity index is 1.41. The predicted molar refractivity (Wildman–Crippen MR) is 132 cm³/mol. The van der Waals surface area contributed by atoms with E-state index in [-0.39, 0.29) is 54.8 Å². The minimum absolute atomic E-state index is 0.0902. The van der Waals surface area contributed by atoms with E-state index < -0.39 is 51.9 Å². The van der Waals surface area contributed by atoms with E-state index in [1.165, 1.54) is 21.3 Å². The molecular formula is C27H21F4N3O3S. The lowest BCUT2D eigenvalue weighted by molar-refractivity contribution is 0.00612. The second kappa shape index (κ2) is 7.78. The molecule has 4 heterocycles. The Bertz CT molecular complexity index is 1620. The maximum atomic E-state index is 15.1. The molecule has 7 rings (SSSR count). The third-order valence-electron chi connectivity index (χ3n) is 8.31. The lowest BCUT2D eigenvalue weighted by Gasteiger charge is -2.45. The number of piperidine rings is 1. The number of rotatable bonds is 1. The largest absolute Gasteiger partial charge is 0.502 e. The zero-order valence-corrected chi connectivity index (χ0v) is 20.7.